The van der Waals surface area contributed by atoms with E-state index in [1.165, 1.54) is 16.4 Å². The zero-order valence-electron chi connectivity index (χ0n) is 12.4. The van der Waals surface area contributed by atoms with Crippen molar-refractivity contribution >= 4 is 17.4 Å². The Morgan fingerprint density at radius 1 is 1.26 bits per heavy atom. The number of aromatic nitrogens is 5. The highest BCUT2D eigenvalue weighted by molar-refractivity contribution is 7.98. The molecule has 8 heteroatoms. The van der Waals surface area contributed by atoms with Crippen LogP contribution < -0.4 is 5.84 Å². The van der Waals surface area contributed by atoms with Crippen molar-refractivity contribution in [3.63, 3.8) is 0 Å². The maximum Gasteiger partial charge on any atom is 0.210 e. The van der Waals surface area contributed by atoms with E-state index in [2.05, 4.69) is 15.2 Å². The summed E-state index contributed by atoms with van der Waals surface area (Å²) in [5.41, 5.74) is 2.73. The van der Waals surface area contributed by atoms with Gasteiger partial charge in [0.1, 0.15) is 11.4 Å². The van der Waals surface area contributed by atoms with Crippen molar-refractivity contribution < 1.29 is 4.42 Å². The van der Waals surface area contributed by atoms with Gasteiger partial charge in [0.05, 0.1) is 17.5 Å². The van der Waals surface area contributed by atoms with Crippen LogP contribution in [0.5, 0.6) is 0 Å². The summed E-state index contributed by atoms with van der Waals surface area (Å²) < 4.78 is 8.76. The maximum absolute atomic E-state index is 6.11. The topological polar surface area (TPSA) is 87.2 Å². The molecule has 0 aliphatic rings. The van der Waals surface area contributed by atoms with E-state index < -0.39 is 0 Å². The Labute approximate surface area is 136 Å². The van der Waals surface area contributed by atoms with Gasteiger partial charge >= 0.3 is 0 Å². The van der Waals surface area contributed by atoms with Gasteiger partial charge in [0, 0.05) is 18.1 Å². The number of hydrogen-bond acceptors (Lipinski definition) is 6. The average Bonchev–Trinajstić information content (AvgIpc) is 3.23. The fraction of sp³-hybridized carbons (Fsp3) is 0.133. The molecule has 0 amide bonds. The third-order valence-electron chi connectivity index (χ3n) is 3.53. The molecule has 0 unspecified atom stereocenters. The smallest absolute Gasteiger partial charge is 0.210 e. The molecule has 0 fully saturated rings. The first-order valence-electron chi connectivity index (χ1n) is 7.03. The molecule has 0 saturated heterocycles. The van der Waals surface area contributed by atoms with Gasteiger partial charge in [-0.05, 0) is 25.1 Å². The first-order valence-corrected chi connectivity index (χ1v) is 8.01. The Morgan fingerprint density at radius 2 is 2.17 bits per heavy atom. The van der Waals surface area contributed by atoms with Crippen molar-refractivity contribution in [3.05, 3.63) is 54.4 Å². The number of hydrogen-bond donors (Lipinski definition) is 1. The van der Waals surface area contributed by atoms with Crippen molar-refractivity contribution in [1.82, 2.24) is 24.3 Å². The molecular formula is C15H14N6OS. The van der Waals surface area contributed by atoms with Gasteiger partial charge in [0.15, 0.2) is 5.82 Å². The summed E-state index contributed by atoms with van der Waals surface area (Å²) in [4.78, 5) is 4.56. The molecule has 0 spiro atoms. The molecule has 2 N–H and O–H groups in total. The number of nitrogens with zero attached hydrogens (tertiary/aromatic N) is 5. The van der Waals surface area contributed by atoms with E-state index in [-0.39, 0.29) is 0 Å². The lowest BCUT2D eigenvalue weighted by Gasteiger charge is -2.01. The second-order valence-electron chi connectivity index (χ2n) is 5.05. The molecule has 23 heavy (non-hydrogen) atoms. The zero-order valence-corrected chi connectivity index (χ0v) is 13.2. The van der Waals surface area contributed by atoms with E-state index in [1.54, 1.807) is 6.26 Å². The number of nitrogens with two attached hydrogens (primary N) is 1. The van der Waals surface area contributed by atoms with Crippen LogP contribution in [0.2, 0.25) is 0 Å². The monoisotopic (exact) mass is 326 g/mol. The van der Waals surface area contributed by atoms with Crippen molar-refractivity contribution in [2.45, 2.75) is 17.8 Å². The quantitative estimate of drug-likeness (QED) is 0.458. The van der Waals surface area contributed by atoms with Crippen LogP contribution in [-0.4, -0.2) is 24.3 Å². The van der Waals surface area contributed by atoms with Crippen molar-refractivity contribution in [1.29, 1.82) is 0 Å². The average molecular weight is 326 g/mol. The predicted octanol–water partition coefficient (Wildman–Crippen LogP) is 2.50. The number of nitrogen functional groups attached to an aromatic ring is 1. The second-order valence-corrected chi connectivity index (χ2v) is 6.00. The largest absolute Gasteiger partial charge is 0.469 e. The number of furan rings is 1. The van der Waals surface area contributed by atoms with Gasteiger partial charge in [0.2, 0.25) is 5.16 Å². The van der Waals surface area contributed by atoms with E-state index in [1.807, 2.05) is 48.0 Å². The fourth-order valence-corrected chi connectivity index (χ4v) is 3.11. The summed E-state index contributed by atoms with van der Waals surface area (Å²) in [6.45, 7) is 1.87. The van der Waals surface area contributed by atoms with E-state index in [0.717, 1.165) is 22.7 Å². The number of imidazole rings is 1. The first kappa shape index (κ1) is 13.9. The van der Waals surface area contributed by atoms with E-state index >= 15 is 0 Å². The molecule has 4 rings (SSSR count). The predicted molar refractivity (Wildman–Crippen MR) is 87.4 cm³/mol. The molecule has 0 aliphatic heterocycles. The zero-order chi connectivity index (χ0) is 15.8. The van der Waals surface area contributed by atoms with Crippen molar-refractivity contribution in [2.24, 2.45) is 0 Å². The molecule has 4 aromatic rings. The van der Waals surface area contributed by atoms with Crippen LogP contribution in [-0.2, 0) is 5.75 Å². The van der Waals surface area contributed by atoms with Gasteiger partial charge in [-0.2, -0.15) is 0 Å². The number of pyridine rings is 1. The highest BCUT2D eigenvalue weighted by Gasteiger charge is 2.16. The third kappa shape index (κ3) is 2.46. The number of rotatable bonds is 4. The van der Waals surface area contributed by atoms with Gasteiger partial charge in [-0.3, -0.25) is 0 Å². The summed E-state index contributed by atoms with van der Waals surface area (Å²) >= 11 is 1.50. The highest BCUT2D eigenvalue weighted by atomic mass is 32.2. The molecule has 116 valence electrons. The number of fused-ring (bicyclic) bond motifs is 1. The van der Waals surface area contributed by atoms with Gasteiger partial charge in [-0.1, -0.05) is 17.8 Å². The van der Waals surface area contributed by atoms with Crippen LogP contribution in [0.4, 0.5) is 0 Å². The summed E-state index contributed by atoms with van der Waals surface area (Å²) in [5, 5.41) is 8.95. The molecule has 4 aromatic heterocycles. The molecule has 0 bridgehead atoms. The minimum Gasteiger partial charge on any atom is -0.469 e. The lowest BCUT2D eigenvalue weighted by molar-refractivity contribution is 0.535. The minimum absolute atomic E-state index is 0.591. The van der Waals surface area contributed by atoms with Gasteiger partial charge in [-0.15, -0.1) is 10.2 Å². The summed E-state index contributed by atoms with van der Waals surface area (Å²) in [5.74, 6) is 8.13. The van der Waals surface area contributed by atoms with E-state index in [4.69, 9.17) is 10.3 Å². The molecule has 0 atom stereocenters. The minimum atomic E-state index is 0.591. The second kappa shape index (κ2) is 5.47. The summed E-state index contributed by atoms with van der Waals surface area (Å²) in [6.07, 6.45) is 5.59. The maximum atomic E-state index is 6.11. The highest BCUT2D eigenvalue weighted by Crippen LogP contribution is 2.26. The van der Waals surface area contributed by atoms with Crippen LogP contribution >= 0.6 is 11.8 Å². The molecular weight excluding hydrogens is 312 g/mol. The van der Waals surface area contributed by atoms with Crippen molar-refractivity contribution in [3.8, 4) is 11.4 Å². The Kier molecular flexibility index (Phi) is 3.30. The molecule has 0 radical (unpaired) electrons. The lowest BCUT2D eigenvalue weighted by Crippen LogP contribution is -2.11. The number of aryl methyl sites for hydroxylation is 1. The van der Waals surface area contributed by atoms with Crippen LogP contribution in [0.15, 0.2) is 52.5 Å². The van der Waals surface area contributed by atoms with Gasteiger partial charge in [-0.25, -0.2) is 9.66 Å². The Balaban J connectivity index is 1.55. The molecule has 4 heterocycles. The lowest BCUT2D eigenvalue weighted by atomic mass is 10.2. The Morgan fingerprint density at radius 3 is 2.96 bits per heavy atom. The summed E-state index contributed by atoms with van der Waals surface area (Å²) in [7, 11) is 0. The van der Waals surface area contributed by atoms with Gasteiger partial charge in [0.25, 0.3) is 0 Å². The molecule has 7 nitrogen and oxygen atoms in total. The van der Waals surface area contributed by atoms with Crippen LogP contribution in [0.25, 0.3) is 17.0 Å². The van der Waals surface area contributed by atoms with Gasteiger partial charge < -0.3 is 14.7 Å². The Hall–Kier alpha value is -2.74. The molecule has 0 saturated carbocycles. The normalized spacial score (nSPS) is 11.3. The number of thioether (sulfide) groups is 1. The standard InChI is InChI=1S/C15H14N6OS/c1-10-12(5-7-22-10)14-18-19-15(21(14)16)23-9-11-8-20-6-3-2-4-13(20)17-11/h2-8H,9,16H2,1H3. The van der Waals surface area contributed by atoms with Crippen LogP contribution in [0.3, 0.4) is 0 Å². The molecule has 0 aromatic carbocycles. The van der Waals surface area contributed by atoms with E-state index in [0.29, 0.717) is 16.7 Å². The van der Waals surface area contributed by atoms with Crippen LogP contribution in [0.1, 0.15) is 11.5 Å². The summed E-state index contributed by atoms with van der Waals surface area (Å²) in [6, 6.07) is 7.75. The Bertz CT molecular complexity index is 936. The first-order chi connectivity index (χ1) is 11.2. The van der Waals surface area contributed by atoms with E-state index in [9.17, 15) is 0 Å². The van der Waals surface area contributed by atoms with Crippen LogP contribution in [0, 0.1) is 6.92 Å². The SMILES string of the molecule is Cc1occc1-c1nnc(SCc2cn3ccccc3n2)n1N. The molecule has 0 aliphatic carbocycles. The van der Waals surface area contributed by atoms with Crippen molar-refractivity contribution in [2.75, 3.05) is 5.84 Å². The fourth-order valence-electron chi connectivity index (χ4n) is 2.37. The third-order valence-corrected chi connectivity index (χ3v) is 4.50.